The third-order valence-corrected chi connectivity index (χ3v) is 4.14. The number of methoxy groups -OCH3 is 2. The van der Waals surface area contributed by atoms with Crippen molar-refractivity contribution in [3.63, 3.8) is 0 Å². The monoisotopic (exact) mass is 319 g/mol. The molecule has 1 aliphatic rings. The molecule has 3 aromatic rings. The van der Waals surface area contributed by atoms with E-state index in [1.807, 2.05) is 41.0 Å². The number of ether oxygens (including phenoxy) is 2. The van der Waals surface area contributed by atoms with Gasteiger partial charge in [-0.15, -0.1) is 0 Å². The van der Waals surface area contributed by atoms with Gasteiger partial charge in [0.05, 0.1) is 31.8 Å². The van der Waals surface area contributed by atoms with Gasteiger partial charge in [-0.05, 0) is 42.3 Å². The zero-order valence-electron chi connectivity index (χ0n) is 13.6. The van der Waals surface area contributed by atoms with Gasteiger partial charge in [0.2, 0.25) is 0 Å². The number of allylic oxidation sites excluding steroid dienone is 4. The van der Waals surface area contributed by atoms with Gasteiger partial charge in [0.25, 0.3) is 0 Å². The number of rotatable bonds is 4. The molecule has 120 valence electrons. The van der Waals surface area contributed by atoms with Crippen LogP contribution in [-0.4, -0.2) is 28.8 Å². The van der Waals surface area contributed by atoms with Crippen LogP contribution in [0.3, 0.4) is 0 Å². The highest BCUT2D eigenvalue weighted by Gasteiger charge is 2.13. The Morgan fingerprint density at radius 3 is 2.67 bits per heavy atom. The minimum Gasteiger partial charge on any atom is -0.493 e. The summed E-state index contributed by atoms with van der Waals surface area (Å²) in [6.07, 6.45) is 9.03. The smallest absolute Gasteiger partial charge is 0.161 e. The van der Waals surface area contributed by atoms with Crippen LogP contribution in [0.4, 0.5) is 0 Å². The number of hydrogen-bond acceptors (Lipinski definition) is 4. The van der Waals surface area contributed by atoms with Crippen LogP contribution < -0.4 is 9.47 Å². The van der Waals surface area contributed by atoms with Gasteiger partial charge in [-0.2, -0.15) is 5.10 Å². The van der Waals surface area contributed by atoms with Crippen molar-refractivity contribution in [2.24, 2.45) is 0 Å². The van der Waals surface area contributed by atoms with Crippen molar-refractivity contribution in [1.29, 1.82) is 0 Å². The molecule has 0 bridgehead atoms. The molecule has 0 N–H and O–H groups in total. The minimum absolute atomic E-state index is 0.684. The minimum atomic E-state index is 0.684. The Hall–Kier alpha value is -3.08. The van der Waals surface area contributed by atoms with Gasteiger partial charge in [-0.25, -0.2) is 9.50 Å². The topological polar surface area (TPSA) is 48.7 Å². The molecule has 1 aromatic carbocycles. The summed E-state index contributed by atoms with van der Waals surface area (Å²) in [5.41, 5.74) is 4.88. The van der Waals surface area contributed by atoms with Crippen molar-refractivity contribution in [2.75, 3.05) is 14.2 Å². The first-order valence-electron chi connectivity index (χ1n) is 7.73. The van der Waals surface area contributed by atoms with E-state index in [2.05, 4.69) is 23.2 Å². The van der Waals surface area contributed by atoms with Crippen molar-refractivity contribution in [3.05, 3.63) is 60.5 Å². The molecular formula is C19H17N3O2. The van der Waals surface area contributed by atoms with E-state index in [0.29, 0.717) is 11.5 Å². The molecule has 0 saturated heterocycles. The SMILES string of the molecule is COc1ccc(-c2cnc3ccc(C4=CC=CC4)nn23)cc1OC. The van der Waals surface area contributed by atoms with Crippen LogP contribution in [0.15, 0.2) is 54.8 Å². The molecule has 5 heteroatoms. The fraction of sp³-hybridized carbons (Fsp3) is 0.158. The lowest BCUT2D eigenvalue weighted by Crippen LogP contribution is -1.99. The molecule has 24 heavy (non-hydrogen) atoms. The Bertz CT molecular complexity index is 970. The fourth-order valence-electron chi connectivity index (χ4n) is 2.87. The van der Waals surface area contributed by atoms with E-state index in [1.165, 1.54) is 5.57 Å². The van der Waals surface area contributed by atoms with E-state index >= 15 is 0 Å². The van der Waals surface area contributed by atoms with Gasteiger partial charge in [-0.3, -0.25) is 0 Å². The summed E-state index contributed by atoms with van der Waals surface area (Å²) in [5.74, 6) is 1.38. The van der Waals surface area contributed by atoms with Crippen LogP contribution in [0.1, 0.15) is 12.1 Å². The lowest BCUT2D eigenvalue weighted by atomic mass is 10.1. The lowest BCUT2D eigenvalue weighted by molar-refractivity contribution is 0.355. The highest BCUT2D eigenvalue weighted by atomic mass is 16.5. The second-order valence-corrected chi connectivity index (χ2v) is 5.53. The van der Waals surface area contributed by atoms with Crippen LogP contribution in [0, 0.1) is 0 Å². The van der Waals surface area contributed by atoms with E-state index in [1.54, 1.807) is 14.2 Å². The van der Waals surface area contributed by atoms with Crippen molar-refractivity contribution < 1.29 is 9.47 Å². The predicted molar refractivity (Wildman–Crippen MR) is 93.3 cm³/mol. The number of imidazole rings is 1. The van der Waals surface area contributed by atoms with Crippen LogP contribution in [0.2, 0.25) is 0 Å². The summed E-state index contributed by atoms with van der Waals surface area (Å²) in [4.78, 5) is 4.45. The molecule has 0 unspecified atom stereocenters. The van der Waals surface area contributed by atoms with Gasteiger partial charge in [0, 0.05) is 5.56 Å². The summed E-state index contributed by atoms with van der Waals surface area (Å²) < 4.78 is 12.6. The zero-order chi connectivity index (χ0) is 16.5. The van der Waals surface area contributed by atoms with Crippen molar-refractivity contribution >= 4 is 11.2 Å². The standard InChI is InChI=1S/C19H17N3O2/c1-23-17-9-7-14(11-18(17)24-2)16-12-20-19-10-8-15(21-22(16)19)13-5-3-4-6-13/h3-5,7-12H,6H2,1-2H3. The van der Waals surface area contributed by atoms with Crippen LogP contribution in [0.25, 0.3) is 22.5 Å². The molecule has 2 heterocycles. The molecule has 0 amide bonds. The average Bonchev–Trinajstić information content (AvgIpc) is 3.30. The van der Waals surface area contributed by atoms with Crippen LogP contribution in [-0.2, 0) is 0 Å². The summed E-state index contributed by atoms with van der Waals surface area (Å²) >= 11 is 0. The first-order valence-corrected chi connectivity index (χ1v) is 7.73. The molecule has 0 saturated carbocycles. The van der Waals surface area contributed by atoms with E-state index in [0.717, 1.165) is 29.0 Å². The van der Waals surface area contributed by atoms with Crippen LogP contribution in [0.5, 0.6) is 11.5 Å². The van der Waals surface area contributed by atoms with Crippen molar-refractivity contribution in [3.8, 4) is 22.8 Å². The molecule has 1 aliphatic carbocycles. The Balaban J connectivity index is 1.83. The highest BCUT2D eigenvalue weighted by molar-refractivity contribution is 5.70. The Morgan fingerprint density at radius 1 is 1.04 bits per heavy atom. The number of hydrogen-bond donors (Lipinski definition) is 0. The zero-order valence-corrected chi connectivity index (χ0v) is 13.6. The predicted octanol–water partition coefficient (Wildman–Crippen LogP) is 3.76. The fourth-order valence-corrected chi connectivity index (χ4v) is 2.87. The Morgan fingerprint density at radius 2 is 1.92 bits per heavy atom. The first-order chi connectivity index (χ1) is 11.8. The number of benzene rings is 1. The largest absolute Gasteiger partial charge is 0.493 e. The van der Waals surface area contributed by atoms with E-state index in [-0.39, 0.29) is 0 Å². The van der Waals surface area contributed by atoms with Gasteiger partial charge in [0.15, 0.2) is 17.1 Å². The third kappa shape index (κ3) is 2.34. The van der Waals surface area contributed by atoms with E-state index < -0.39 is 0 Å². The molecule has 0 radical (unpaired) electrons. The highest BCUT2D eigenvalue weighted by Crippen LogP contribution is 2.32. The first kappa shape index (κ1) is 14.5. The van der Waals surface area contributed by atoms with E-state index in [4.69, 9.17) is 14.6 Å². The summed E-state index contributed by atoms with van der Waals surface area (Å²) in [6.45, 7) is 0. The summed E-state index contributed by atoms with van der Waals surface area (Å²) in [7, 11) is 3.26. The number of aromatic nitrogens is 3. The second kappa shape index (κ2) is 5.85. The maximum absolute atomic E-state index is 5.40. The molecular weight excluding hydrogens is 302 g/mol. The van der Waals surface area contributed by atoms with E-state index in [9.17, 15) is 0 Å². The normalized spacial score (nSPS) is 13.3. The second-order valence-electron chi connectivity index (χ2n) is 5.53. The van der Waals surface area contributed by atoms with Crippen molar-refractivity contribution in [2.45, 2.75) is 6.42 Å². The Labute approximate surface area is 139 Å². The summed E-state index contributed by atoms with van der Waals surface area (Å²) in [5, 5.41) is 4.77. The summed E-state index contributed by atoms with van der Waals surface area (Å²) in [6, 6.07) is 9.81. The maximum Gasteiger partial charge on any atom is 0.161 e. The molecule has 0 fully saturated rings. The van der Waals surface area contributed by atoms with Gasteiger partial charge in [0.1, 0.15) is 0 Å². The molecule has 4 rings (SSSR count). The molecule has 0 spiro atoms. The maximum atomic E-state index is 5.40. The molecule has 0 atom stereocenters. The van der Waals surface area contributed by atoms with Crippen molar-refractivity contribution in [1.82, 2.24) is 14.6 Å². The lowest BCUT2D eigenvalue weighted by Gasteiger charge is -2.09. The van der Waals surface area contributed by atoms with Gasteiger partial charge in [-0.1, -0.05) is 18.2 Å². The number of nitrogens with zero attached hydrogens (tertiary/aromatic N) is 3. The number of fused-ring (bicyclic) bond motifs is 1. The van der Waals surface area contributed by atoms with Crippen LogP contribution >= 0.6 is 0 Å². The van der Waals surface area contributed by atoms with Gasteiger partial charge >= 0.3 is 0 Å². The average molecular weight is 319 g/mol. The molecule has 0 aliphatic heterocycles. The quantitative estimate of drug-likeness (QED) is 0.735. The third-order valence-electron chi connectivity index (χ3n) is 4.14. The van der Waals surface area contributed by atoms with Gasteiger partial charge < -0.3 is 9.47 Å². The molecule has 2 aromatic heterocycles. The Kier molecular flexibility index (Phi) is 3.54. The molecule has 5 nitrogen and oxygen atoms in total.